The molecule has 27 heavy (non-hydrogen) atoms. The summed E-state index contributed by atoms with van der Waals surface area (Å²) in [5, 5.41) is 2.93. The van der Waals surface area contributed by atoms with E-state index < -0.39 is 0 Å². The summed E-state index contributed by atoms with van der Waals surface area (Å²) in [6.45, 7) is 3.35. The van der Waals surface area contributed by atoms with Gasteiger partial charge in [-0.15, -0.1) is 0 Å². The zero-order chi connectivity index (χ0) is 18.8. The van der Waals surface area contributed by atoms with Crippen LogP contribution in [0.3, 0.4) is 0 Å². The molecule has 3 aromatic rings. The van der Waals surface area contributed by atoms with Gasteiger partial charge in [0.1, 0.15) is 23.2 Å². The molecule has 0 saturated heterocycles. The third-order valence-corrected chi connectivity index (χ3v) is 5.05. The average molecular weight is 367 g/mol. The molecule has 4 rings (SSSR count). The van der Waals surface area contributed by atoms with Crippen LogP contribution in [0.15, 0.2) is 36.7 Å². The van der Waals surface area contributed by atoms with E-state index in [1.54, 1.807) is 18.3 Å². The topological polar surface area (TPSA) is 75.6 Å². The Kier molecular flexibility index (Phi) is 4.75. The molecule has 0 radical (unpaired) electrons. The molecule has 6 nitrogen and oxygen atoms in total. The first-order valence-corrected chi connectivity index (χ1v) is 9.25. The number of rotatable bonds is 5. The summed E-state index contributed by atoms with van der Waals surface area (Å²) < 4.78 is 15.3. The van der Waals surface area contributed by atoms with Crippen molar-refractivity contribution in [3.05, 3.63) is 71.1 Å². The van der Waals surface area contributed by atoms with Crippen molar-refractivity contribution in [2.75, 3.05) is 6.54 Å². The van der Waals surface area contributed by atoms with E-state index in [-0.39, 0.29) is 17.6 Å². The van der Waals surface area contributed by atoms with E-state index in [2.05, 4.69) is 31.8 Å². The summed E-state index contributed by atoms with van der Waals surface area (Å²) >= 11 is 0. The molecule has 1 aliphatic rings. The molecule has 2 aromatic heterocycles. The predicted molar refractivity (Wildman–Crippen MR) is 99.1 cm³/mol. The van der Waals surface area contributed by atoms with Crippen molar-refractivity contribution in [3.63, 3.8) is 0 Å². The Morgan fingerprint density at radius 2 is 2.11 bits per heavy atom. The van der Waals surface area contributed by atoms with Gasteiger partial charge in [0.2, 0.25) is 0 Å². The van der Waals surface area contributed by atoms with E-state index >= 15 is 0 Å². The number of fused-ring (bicyclic) bond motifs is 1. The normalized spacial score (nSPS) is 16.7. The van der Waals surface area contributed by atoms with Crippen molar-refractivity contribution in [1.82, 2.24) is 24.8 Å². The fraction of sp³-hybridized carbons (Fsp3) is 0.350. The van der Waals surface area contributed by atoms with Gasteiger partial charge in [0.05, 0.1) is 0 Å². The number of halogens is 1. The lowest BCUT2D eigenvalue weighted by molar-refractivity contribution is 0.0950. The summed E-state index contributed by atoms with van der Waals surface area (Å²) in [7, 11) is 0. The minimum Gasteiger partial charge on any atom is -0.350 e. The molecule has 3 heterocycles. The van der Waals surface area contributed by atoms with Gasteiger partial charge in [0.15, 0.2) is 0 Å². The van der Waals surface area contributed by atoms with Gasteiger partial charge in [0.25, 0.3) is 5.91 Å². The van der Waals surface area contributed by atoms with Gasteiger partial charge < -0.3 is 14.9 Å². The maximum atomic E-state index is 13.2. The van der Waals surface area contributed by atoms with Crippen molar-refractivity contribution in [2.24, 2.45) is 0 Å². The summed E-state index contributed by atoms with van der Waals surface area (Å²) in [6.07, 6.45) is 6.01. The number of carbonyl (C=O) groups excluding carboxylic acids is 1. The number of aryl methyl sites for hydroxylation is 3. The quantitative estimate of drug-likeness (QED) is 0.728. The second-order valence-corrected chi connectivity index (χ2v) is 6.81. The molecular formula is C20H22FN5O. The molecule has 7 heteroatoms. The van der Waals surface area contributed by atoms with Crippen LogP contribution in [0.5, 0.6) is 0 Å². The van der Waals surface area contributed by atoms with E-state index in [0.717, 1.165) is 35.9 Å². The van der Waals surface area contributed by atoms with Gasteiger partial charge in [-0.1, -0.05) is 19.1 Å². The number of H-pyrrole nitrogens is 1. The van der Waals surface area contributed by atoms with Crippen LogP contribution in [0.2, 0.25) is 0 Å². The van der Waals surface area contributed by atoms with Gasteiger partial charge in [-0.3, -0.25) is 4.79 Å². The van der Waals surface area contributed by atoms with Gasteiger partial charge in [-0.05, 0) is 24.1 Å². The van der Waals surface area contributed by atoms with E-state index in [0.29, 0.717) is 25.1 Å². The van der Waals surface area contributed by atoms with Crippen LogP contribution < -0.4 is 5.32 Å². The lowest BCUT2D eigenvalue weighted by Gasteiger charge is -2.14. The minimum atomic E-state index is -0.258. The maximum Gasteiger partial charge on any atom is 0.271 e. The smallest absolute Gasteiger partial charge is 0.271 e. The van der Waals surface area contributed by atoms with Crippen molar-refractivity contribution < 1.29 is 9.18 Å². The summed E-state index contributed by atoms with van der Waals surface area (Å²) in [5.41, 5.74) is 2.32. The molecule has 1 amide bonds. The Morgan fingerprint density at radius 1 is 1.30 bits per heavy atom. The molecule has 0 saturated carbocycles. The van der Waals surface area contributed by atoms with Crippen LogP contribution in [0.1, 0.15) is 46.2 Å². The second-order valence-electron chi connectivity index (χ2n) is 6.81. The molecule has 0 spiro atoms. The van der Waals surface area contributed by atoms with E-state index in [4.69, 9.17) is 0 Å². The fourth-order valence-corrected chi connectivity index (χ4v) is 3.59. The van der Waals surface area contributed by atoms with Gasteiger partial charge in [0, 0.05) is 49.9 Å². The highest BCUT2D eigenvalue weighted by Crippen LogP contribution is 2.24. The Labute approximate surface area is 156 Å². The van der Waals surface area contributed by atoms with Crippen LogP contribution >= 0.6 is 0 Å². The van der Waals surface area contributed by atoms with E-state index in [1.165, 1.54) is 12.1 Å². The highest BCUT2D eigenvalue weighted by Gasteiger charge is 2.26. The van der Waals surface area contributed by atoms with Gasteiger partial charge >= 0.3 is 0 Å². The number of aromatic amines is 1. The summed E-state index contributed by atoms with van der Waals surface area (Å²) in [6, 6.07) is 6.47. The fourth-order valence-electron chi connectivity index (χ4n) is 3.59. The number of aromatic nitrogens is 4. The van der Waals surface area contributed by atoms with Crippen LogP contribution in [-0.4, -0.2) is 32.0 Å². The third-order valence-electron chi connectivity index (χ3n) is 5.05. The first kappa shape index (κ1) is 17.5. The molecular weight excluding hydrogens is 345 g/mol. The summed E-state index contributed by atoms with van der Waals surface area (Å²) in [4.78, 5) is 24.6. The van der Waals surface area contributed by atoms with Gasteiger partial charge in [-0.25, -0.2) is 14.4 Å². The molecule has 1 aromatic carbocycles. The number of hydrogen-bond donors (Lipinski definition) is 2. The highest BCUT2D eigenvalue weighted by molar-refractivity contribution is 5.94. The molecule has 1 atom stereocenters. The van der Waals surface area contributed by atoms with Gasteiger partial charge in [-0.2, -0.15) is 0 Å². The van der Waals surface area contributed by atoms with Crippen molar-refractivity contribution in [1.29, 1.82) is 0 Å². The second kappa shape index (κ2) is 7.34. The van der Waals surface area contributed by atoms with Crippen LogP contribution in [0, 0.1) is 5.82 Å². The lowest BCUT2D eigenvalue weighted by Crippen LogP contribution is -2.26. The standard InChI is InChI=1S/C20H22FN5O/c1-2-18-22-8-10-26(18)9-7-17-24-16-11-14(12-23-20(27)19(16)25-17)13-3-5-15(21)6-4-13/h3-6,8,10,14H,2,7,9,11-12H2,1H3,(H,23,27)(H,24,25). The monoisotopic (exact) mass is 367 g/mol. The SMILES string of the molecule is CCc1nccn1CCc1nc2c([nH]1)CC(c1ccc(F)cc1)CNC2=O. The molecule has 0 fully saturated rings. The number of amides is 1. The number of carbonyl (C=O) groups is 1. The number of nitrogens with zero attached hydrogens (tertiary/aromatic N) is 3. The number of nitrogens with one attached hydrogen (secondary N) is 2. The Morgan fingerprint density at radius 3 is 2.89 bits per heavy atom. The predicted octanol–water partition coefficient (Wildman–Crippen LogP) is 2.62. The minimum absolute atomic E-state index is 0.0874. The van der Waals surface area contributed by atoms with Crippen LogP contribution in [0.4, 0.5) is 4.39 Å². The van der Waals surface area contributed by atoms with E-state index in [1.807, 2.05) is 6.20 Å². The molecule has 0 aliphatic carbocycles. The number of imidazole rings is 2. The maximum absolute atomic E-state index is 13.2. The van der Waals surface area contributed by atoms with Crippen molar-refractivity contribution in [3.8, 4) is 0 Å². The first-order chi connectivity index (χ1) is 13.1. The van der Waals surface area contributed by atoms with Crippen molar-refractivity contribution >= 4 is 5.91 Å². The average Bonchev–Trinajstić information content (AvgIpc) is 3.27. The van der Waals surface area contributed by atoms with Crippen LogP contribution in [-0.2, 0) is 25.8 Å². The molecule has 0 bridgehead atoms. The zero-order valence-corrected chi connectivity index (χ0v) is 15.2. The third kappa shape index (κ3) is 3.63. The van der Waals surface area contributed by atoms with Crippen LogP contribution in [0.25, 0.3) is 0 Å². The zero-order valence-electron chi connectivity index (χ0n) is 15.2. The number of hydrogen-bond acceptors (Lipinski definition) is 3. The highest BCUT2D eigenvalue weighted by atomic mass is 19.1. The Balaban J connectivity index is 1.52. The Bertz CT molecular complexity index is 944. The largest absolute Gasteiger partial charge is 0.350 e. The Hall–Kier alpha value is -2.96. The summed E-state index contributed by atoms with van der Waals surface area (Å²) in [5.74, 6) is 1.51. The molecule has 1 aliphatic heterocycles. The van der Waals surface area contributed by atoms with Crippen molar-refractivity contribution in [2.45, 2.75) is 38.6 Å². The molecule has 1 unspecified atom stereocenters. The molecule has 2 N–H and O–H groups in total. The van der Waals surface area contributed by atoms with E-state index in [9.17, 15) is 9.18 Å². The lowest BCUT2D eigenvalue weighted by atomic mass is 9.94. The number of benzene rings is 1. The molecule has 140 valence electrons. The first-order valence-electron chi connectivity index (χ1n) is 9.25.